The summed E-state index contributed by atoms with van der Waals surface area (Å²) >= 11 is 10.0. The average Bonchev–Trinajstić information content (AvgIpc) is 2.38. The van der Waals surface area contributed by atoms with Crippen LogP contribution in [0.3, 0.4) is 0 Å². The molecule has 7 heteroatoms. The van der Waals surface area contributed by atoms with Gasteiger partial charge < -0.3 is 10.4 Å². The van der Waals surface area contributed by atoms with E-state index in [2.05, 4.69) is 58.1 Å². The molecule has 0 spiro atoms. The number of nitrogens with zero attached hydrogens (tertiary/aromatic N) is 1. The fraction of sp³-hybridized carbons (Fsp3) is 0.0769. The lowest BCUT2D eigenvalue weighted by Gasteiger charge is -2.17. The maximum absolute atomic E-state index is 11.5. The Bertz CT molecular complexity index is 649. The van der Waals surface area contributed by atoms with Gasteiger partial charge in [0.25, 0.3) is 0 Å². The standard InChI is InChI=1S/C13H9Br3N2O2/c14-7-5-9(16)11(17-6-7)12(13(19)20)18-10-4-2-1-3-8(10)15/h1-6,12,18H,(H,19,20). The van der Waals surface area contributed by atoms with E-state index in [4.69, 9.17) is 0 Å². The molecular formula is C13H9Br3N2O2. The molecule has 0 aliphatic rings. The van der Waals surface area contributed by atoms with Crippen LogP contribution in [0.4, 0.5) is 5.69 Å². The predicted molar refractivity (Wildman–Crippen MR) is 87.8 cm³/mol. The van der Waals surface area contributed by atoms with Crippen LogP contribution in [0.25, 0.3) is 0 Å². The molecule has 4 nitrogen and oxygen atoms in total. The zero-order valence-corrected chi connectivity index (χ0v) is 14.7. The Kier molecular flexibility index (Phi) is 5.17. The summed E-state index contributed by atoms with van der Waals surface area (Å²) in [5.74, 6) is -1.00. The number of carboxylic acids is 1. The molecule has 1 atom stereocenters. The molecule has 0 aliphatic heterocycles. The van der Waals surface area contributed by atoms with Crippen molar-refractivity contribution in [2.45, 2.75) is 6.04 Å². The number of carbonyl (C=O) groups is 1. The topological polar surface area (TPSA) is 62.2 Å². The minimum Gasteiger partial charge on any atom is -0.479 e. The maximum atomic E-state index is 11.5. The van der Waals surface area contributed by atoms with Crippen LogP contribution in [-0.2, 0) is 4.79 Å². The summed E-state index contributed by atoms with van der Waals surface area (Å²) in [6, 6.07) is 8.14. The molecule has 20 heavy (non-hydrogen) atoms. The van der Waals surface area contributed by atoms with Crippen LogP contribution in [0.5, 0.6) is 0 Å². The van der Waals surface area contributed by atoms with Crippen LogP contribution in [0.15, 0.2) is 49.9 Å². The summed E-state index contributed by atoms with van der Waals surface area (Å²) in [6.45, 7) is 0. The van der Waals surface area contributed by atoms with Gasteiger partial charge in [0.2, 0.25) is 0 Å². The molecule has 0 amide bonds. The number of benzene rings is 1. The lowest BCUT2D eigenvalue weighted by atomic mass is 10.1. The first-order valence-electron chi connectivity index (χ1n) is 5.54. The van der Waals surface area contributed by atoms with Crippen molar-refractivity contribution >= 4 is 59.4 Å². The first kappa shape index (κ1) is 15.5. The van der Waals surface area contributed by atoms with Crippen LogP contribution in [0.1, 0.15) is 11.7 Å². The number of pyridine rings is 1. The number of hydrogen-bond donors (Lipinski definition) is 2. The van der Waals surface area contributed by atoms with Gasteiger partial charge in [-0.1, -0.05) is 12.1 Å². The number of halogens is 3. The summed E-state index contributed by atoms with van der Waals surface area (Å²) in [4.78, 5) is 15.7. The van der Waals surface area contributed by atoms with Gasteiger partial charge in [-0.05, 0) is 66.0 Å². The Morgan fingerprint density at radius 3 is 2.50 bits per heavy atom. The number of hydrogen-bond acceptors (Lipinski definition) is 3. The van der Waals surface area contributed by atoms with E-state index in [-0.39, 0.29) is 0 Å². The third kappa shape index (κ3) is 3.59. The van der Waals surface area contributed by atoms with Gasteiger partial charge in [-0.3, -0.25) is 4.98 Å². The number of anilines is 1. The highest BCUT2D eigenvalue weighted by Crippen LogP contribution is 2.30. The molecule has 1 heterocycles. The highest BCUT2D eigenvalue weighted by atomic mass is 79.9. The summed E-state index contributed by atoms with van der Waals surface area (Å²) in [5, 5.41) is 12.4. The quantitative estimate of drug-likeness (QED) is 0.693. The SMILES string of the molecule is O=C(O)C(Nc1ccccc1Br)c1ncc(Br)cc1Br. The molecule has 0 bridgehead atoms. The minimum absolute atomic E-state index is 0.413. The summed E-state index contributed by atoms with van der Waals surface area (Å²) in [5.41, 5.74) is 1.10. The number of carboxylic acid groups (broad SMARTS) is 1. The van der Waals surface area contributed by atoms with Gasteiger partial charge in [0.15, 0.2) is 6.04 Å². The first-order valence-corrected chi connectivity index (χ1v) is 7.91. The number of rotatable bonds is 4. The number of aliphatic carboxylic acids is 1. The Morgan fingerprint density at radius 2 is 1.90 bits per heavy atom. The van der Waals surface area contributed by atoms with Crippen molar-refractivity contribution in [1.29, 1.82) is 0 Å². The highest BCUT2D eigenvalue weighted by Gasteiger charge is 2.24. The molecule has 0 radical (unpaired) electrons. The summed E-state index contributed by atoms with van der Waals surface area (Å²) < 4.78 is 2.19. The molecule has 1 unspecified atom stereocenters. The van der Waals surface area contributed by atoms with Crippen molar-refractivity contribution < 1.29 is 9.90 Å². The zero-order chi connectivity index (χ0) is 14.7. The molecule has 0 saturated carbocycles. The van der Waals surface area contributed by atoms with E-state index in [0.717, 1.165) is 8.95 Å². The van der Waals surface area contributed by atoms with Crippen molar-refractivity contribution in [2.24, 2.45) is 0 Å². The molecule has 1 aromatic carbocycles. The Morgan fingerprint density at radius 1 is 1.20 bits per heavy atom. The second kappa shape index (κ2) is 6.69. The van der Waals surface area contributed by atoms with E-state index >= 15 is 0 Å². The van der Waals surface area contributed by atoms with Crippen LogP contribution < -0.4 is 5.32 Å². The van der Waals surface area contributed by atoms with E-state index in [9.17, 15) is 9.90 Å². The van der Waals surface area contributed by atoms with Gasteiger partial charge in [-0.15, -0.1) is 0 Å². The molecular weight excluding hydrogens is 456 g/mol. The van der Waals surface area contributed by atoms with Gasteiger partial charge in [-0.2, -0.15) is 0 Å². The normalized spacial score (nSPS) is 11.9. The van der Waals surface area contributed by atoms with Crippen LogP contribution >= 0.6 is 47.8 Å². The Labute approximate surface area is 141 Å². The second-order valence-corrected chi connectivity index (χ2v) is 6.54. The van der Waals surface area contributed by atoms with E-state index < -0.39 is 12.0 Å². The van der Waals surface area contributed by atoms with E-state index in [1.807, 2.05) is 18.2 Å². The van der Waals surface area contributed by atoms with Crippen molar-refractivity contribution in [3.05, 3.63) is 55.6 Å². The lowest BCUT2D eigenvalue weighted by molar-refractivity contribution is -0.138. The van der Waals surface area contributed by atoms with Crippen molar-refractivity contribution in [2.75, 3.05) is 5.32 Å². The maximum Gasteiger partial charge on any atom is 0.332 e. The van der Waals surface area contributed by atoms with Gasteiger partial charge in [0, 0.05) is 25.3 Å². The van der Waals surface area contributed by atoms with Gasteiger partial charge in [-0.25, -0.2) is 4.79 Å². The van der Waals surface area contributed by atoms with Gasteiger partial charge >= 0.3 is 5.97 Å². The lowest BCUT2D eigenvalue weighted by Crippen LogP contribution is -2.22. The monoisotopic (exact) mass is 462 g/mol. The molecule has 104 valence electrons. The van der Waals surface area contributed by atoms with Crippen LogP contribution in [0.2, 0.25) is 0 Å². The van der Waals surface area contributed by atoms with Gasteiger partial charge in [0.05, 0.1) is 5.69 Å². The molecule has 2 N–H and O–H groups in total. The number of para-hydroxylation sites is 1. The number of aromatic nitrogens is 1. The van der Waals surface area contributed by atoms with Crippen LogP contribution in [0, 0.1) is 0 Å². The third-order valence-electron chi connectivity index (χ3n) is 2.53. The van der Waals surface area contributed by atoms with E-state index in [1.165, 1.54) is 0 Å². The van der Waals surface area contributed by atoms with E-state index in [1.54, 1.807) is 18.3 Å². The highest BCUT2D eigenvalue weighted by molar-refractivity contribution is 9.11. The second-order valence-electron chi connectivity index (χ2n) is 3.92. The fourth-order valence-electron chi connectivity index (χ4n) is 1.62. The average molecular weight is 465 g/mol. The fourth-order valence-corrected chi connectivity index (χ4v) is 3.23. The Hall–Kier alpha value is -0.920. The largest absolute Gasteiger partial charge is 0.479 e. The summed E-state index contributed by atoms with van der Waals surface area (Å²) in [7, 11) is 0. The van der Waals surface area contributed by atoms with Crippen molar-refractivity contribution in [1.82, 2.24) is 4.98 Å². The number of nitrogens with one attached hydrogen (secondary N) is 1. The van der Waals surface area contributed by atoms with Crippen LogP contribution in [-0.4, -0.2) is 16.1 Å². The summed E-state index contributed by atoms with van der Waals surface area (Å²) in [6.07, 6.45) is 1.57. The third-order valence-corrected chi connectivity index (χ3v) is 4.29. The smallest absolute Gasteiger partial charge is 0.332 e. The molecule has 0 saturated heterocycles. The first-order chi connectivity index (χ1) is 9.49. The van der Waals surface area contributed by atoms with Gasteiger partial charge in [0.1, 0.15) is 0 Å². The van der Waals surface area contributed by atoms with E-state index in [0.29, 0.717) is 15.9 Å². The molecule has 0 aliphatic carbocycles. The minimum atomic E-state index is -1.00. The Balaban J connectivity index is 2.37. The molecule has 1 aromatic heterocycles. The van der Waals surface area contributed by atoms with Crippen molar-refractivity contribution in [3.63, 3.8) is 0 Å². The molecule has 2 rings (SSSR count). The predicted octanol–water partition coefficient (Wildman–Crippen LogP) is 4.61. The van der Waals surface area contributed by atoms with Crippen molar-refractivity contribution in [3.8, 4) is 0 Å². The molecule has 2 aromatic rings. The zero-order valence-electron chi connectivity index (χ0n) is 9.98. The molecule has 0 fully saturated rings.